The van der Waals surface area contributed by atoms with Gasteiger partial charge in [0.05, 0.1) is 13.2 Å². The van der Waals surface area contributed by atoms with Crippen LogP contribution in [0.2, 0.25) is 0 Å². The standard InChI is InChI=1S/C42H70NO8P/c1-3-5-7-9-11-13-15-16-17-18-19-20-21-22-23-24-25-27-29-31-33-35-42(46)49-38-40(44)39-51-52(47,48)50-37-36-43-41(45)34-32-30-28-26-14-12-10-8-6-4-2/h5,7-8,10-11,13,16-17,19-20,22-23,25,27,40,44H,3-4,6,9,12,14-15,18,21,24,26,28-39H2,1-2H3,(H,43,45)(H,47,48)/b7-5-,10-8-,13-11-,17-16-,20-19-,23-22-,27-25-. The number of hydrogen-bond acceptors (Lipinski definition) is 7. The van der Waals surface area contributed by atoms with E-state index in [0.717, 1.165) is 89.9 Å². The number of unbranched alkanes of at least 4 members (excludes halogenated alkanes) is 8. The van der Waals surface area contributed by atoms with Gasteiger partial charge in [-0.1, -0.05) is 125 Å². The van der Waals surface area contributed by atoms with E-state index in [2.05, 4.69) is 104 Å². The number of phosphoric acid groups is 1. The number of rotatable bonds is 35. The van der Waals surface area contributed by atoms with Crippen molar-refractivity contribution in [3.63, 3.8) is 0 Å². The van der Waals surface area contributed by atoms with Gasteiger partial charge in [0.15, 0.2) is 0 Å². The maximum absolute atomic E-state index is 12.0. The lowest BCUT2D eigenvalue weighted by Gasteiger charge is -2.15. The van der Waals surface area contributed by atoms with Crippen LogP contribution in [0.4, 0.5) is 0 Å². The molecule has 0 aliphatic carbocycles. The Morgan fingerprint density at radius 3 is 1.69 bits per heavy atom. The Morgan fingerprint density at radius 1 is 0.615 bits per heavy atom. The van der Waals surface area contributed by atoms with Gasteiger partial charge in [0.1, 0.15) is 12.7 Å². The third-order valence-electron chi connectivity index (χ3n) is 7.54. The summed E-state index contributed by atoms with van der Waals surface area (Å²) >= 11 is 0. The Balaban J connectivity index is 3.74. The fourth-order valence-electron chi connectivity index (χ4n) is 4.62. The van der Waals surface area contributed by atoms with Crippen molar-refractivity contribution in [1.29, 1.82) is 0 Å². The molecule has 0 rings (SSSR count). The lowest BCUT2D eigenvalue weighted by Crippen LogP contribution is -2.27. The summed E-state index contributed by atoms with van der Waals surface area (Å²) in [7, 11) is -4.43. The Labute approximate surface area is 315 Å². The van der Waals surface area contributed by atoms with Crippen molar-refractivity contribution in [1.82, 2.24) is 5.32 Å². The zero-order valence-electron chi connectivity index (χ0n) is 32.2. The Kier molecular flexibility index (Phi) is 35.9. The lowest BCUT2D eigenvalue weighted by atomic mass is 10.1. The topological polar surface area (TPSA) is 131 Å². The van der Waals surface area contributed by atoms with Gasteiger partial charge in [0, 0.05) is 19.4 Å². The van der Waals surface area contributed by atoms with E-state index in [0.29, 0.717) is 12.8 Å². The molecule has 0 spiro atoms. The van der Waals surface area contributed by atoms with Gasteiger partial charge in [-0.15, -0.1) is 0 Å². The molecule has 0 bridgehead atoms. The fraction of sp³-hybridized carbons (Fsp3) is 0.619. The number of nitrogens with one attached hydrogen (secondary N) is 1. The van der Waals surface area contributed by atoms with Gasteiger partial charge in [-0.2, -0.15) is 0 Å². The number of allylic oxidation sites excluding steroid dienone is 14. The second-order valence-electron chi connectivity index (χ2n) is 12.5. The quantitative estimate of drug-likeness (QED) is 0.0253. The van der Waals surface area contributed by atoms with Crippen molar-refractivity contribution >= 4 is 19.7 Å². The minimum Gasteiger partial charge on any atom is -0.463 e. The predicted molar refractivity (Wildman–Crippen MR) is 215 cm³/mol. The van der Waals surface area contributed by atoms with E-state index in [1.54, 1.807) is 0 Å². The Morgan fingerprint density at radius 2 is 1.10 bits per heavy atom. The minimum absolute atomic E-state index is 0.0666. The van der Waals surface area contributed by atoms with E-state index in [1.807, 2.05) is 0 Å². The van der Waals surface area contributed by atoms with Crippen LogP contribution in [-0.2, 0) is 27.9 Å². The number of phosphoric ester groups is 1. The van der Waals surface area contributed by atoms with Gasteiger partial charge in [0.2, 0.25) is 5.91 Å². The molecule has 52 heavy (non-hydrogen) atoms. The van der Waals surface area contributed by atoms with E-state index in [9.17, 15) is 24.2 Å². The third-order valence-corrected chi connectivity index (χ3v) is 8.52. The van der Waals surface area contributed by atoms with E-state index in [-0.39, 0.29) is 32.1 Å². The first kappa shape index (κ1) is 49.2. The number of carbonyl (C=O) groups excluding carboxylic acids is 2. The summed E-state index contributed by atoms with van der Waals surface area (Å²) in [5.41, 5.74) is 0. The average Bonchev–Trinajstić information content (AvgIpc) is 3.13. The van der Waals surface area contributed by atoms with Gasteiger partial charge < -0.3 is 20.1 Å². The highest BCUT2D eigenvalue weighted by atomic mass is 31.2. The molecule has 296 valence electrons. The highest BCUT2D eigenvalue weighted by Crippen LogP contribution is 2.42. The average molecular weight is 748 g/mol. The number of hydrogen-bond donors (Lipinski definition) is 3. The van der Waals surface area contributed by atoms with Crippen LogP contribution in [0, 0.1) is 0 Å². The second-order valence-corrected chi connectivity index (χ2v) is 14.0. The molecular formula is C42H70NO8P. The van der Waals surface area contributed by atoms with Crippen LogP contribution in [0.5, 0.6) is 0 Å². The van der Waals surface area contributed by atoms with E-state index in [4.69, 9.17) is 13.8 Å². The Hall–Kier alpha value is -2.81. The summed E-state index contributed by atoms with van der Waals surface area (Å²) < 4.78 is 26.7. The highest BCUT2D eigenvalue weighted by Gasteiger charge is 2.23. The molecular weight excluding hydrogens is 677 g/mol. The highest BCUT2D eigenvalue weighted by molar-refractivity contribution is 7.47. The molecule has 0 aromatic carbocycles. The summed E-state index contributed by atoms with van der Waals surface area (Å²) in [6.45, 7) is 3.28. The largest absolute Gasteiger partial charge is 0.472 e. The summed E-state index contributed by atoms with van der Waals surface area (Å²) in [6, 6.07) is 0. The molecule has 0 saturated heterocycles. The number of aliphatic hydroxyl groups is 1. The molecule has 2 atom stereocenters. The molecule has 0 heterocycles. The molecule has 0 aliphatic heterocycles. The van der Waals surface area contributed by atoms with Crippen molar-refractivity contribution in [3.05, 3.63) is 85.1 Å². The number of amides is 1. The smallest absolute Gasteiger partial charge is 0.463 e. The second kappa shape index (κ2) is 37.9. The molecule has 1 amide bonds. The molecule has 0 radical (unpaired) electrons. The minimum atomic E-state index is -4.43. The number of aliphatic hydroxyl groups excluding tert-OH is 1. The van der Waals surface area contributed by atoms with Crippen LogP contribution < -0.4 is 5.32 Å². The van der Waals surface area contributed by atoms with Gasteiger partial charge >= 0.3 is 13.8 Å². The molecule has 0 aromatic heterocycles. The molecule has 0 saturated carbocycles. The van der Waals surface area contributed by atoms with E-state index in [1.165, 1.54) is 12.8 Å². The maximum Gasteiger partial charge on any atom is 0.472 e. The third kappa shape index (κ3) is 38.4. The zero-order chi connectivity index (χ0) is 38.2. The van der Waals surface area contributed by atoms with Gasteiger partial charge in [-0.25, -0.2) is 4.57 Å². The first-order valence-electron chi connectivity index (χ1n) is 19.6. The van der Waals surface area contributed by atoms with Crippen LogP contribution in [0.15, 0.2) is 85.1 Å². The van der Waals surface area contributed by atoms with Gasteiger partial charge in [-0.3, -0.25) is 18.6 Å². The molecule has 9 nitrogen and oxygen atoms in total. The molecule has 3 N–H and O–H groups in total. The summed E-state index contributed by atoms with van der Waals surface area (Å²) in [6.07, 6.45) is 46.6. The SMILES string of the molecule is CC/C=C\C/C=C\C/C=C\C/C=C\C/C=C\C/C=C\CCCCC(=O)OCC(O)COP(=O)(O)OCCNC(=O)CCCCCCC/C=C\CCC. The Bertz CT molecular complexity index is 1130. The fourth-order valence-corrected chi connectivity index (χ4v) is 5.38. The van der Waals surface area contributed by atoms with Crippen molar-refractivity contribution < 1.29 is 37.9 Å². The van der Waals surface area contributed by atoms with Crippen molar-refractivity contribution in [3.8, 4) is 0 Å². The van der Waals surface area contributed by atoms with Crippen LogP contribution in [0.1, 0.15) is 136 Å². The van der Waals surface area contributed by atoms with Crippen molar-refractivity contribution in [2.75, 3.05) is 26.4 Å². The van der Waals surface area contributed by atoms with Crippen LogP contribution in [0.3, 0.4) is 0 Å². The van der Waals surface area contributed by atoms with Gasteiger partial charge in [-0.05, 0) is 83.5 Å². The number of esters is 1. The normalized spacial score (nSPS) is 14.3. The molecule has 0 fully saturated rings. The lowest BCUT2D eigenvalue weighted by molar-refractivity contribution is -0.147. The van der Waals surface area contributed by atoms with Crippen molar-refractivity contribution in [2.24, 2.45) is 0 Å². The monoisotopic (exact) mass is 747 g/mol. The van der Waals surface area contributed by atoms with Gasteiger partial charge in [0.25, 0.3) is 0 Å². The van der Waals surface area contributed by atoms with Crippen LogP contribution in [0.25, 0.3) is 0 Å². The van der Waals surface area contributed by atoms with Crippen LogP contribution >= 0.6 is 7.82 Å². The first-order valence-corrected chi connectivity index (χ1v) is 21.1. The number of ether oxygens (including phenoxy) is 1. The zero-order valence-corrected chi connectivity index (χ0v) is 33.1. The first-order chi connectivity index (χ1) is 25.3. The van der Waals surface area contributed by atoms with E-state index >= 15 is 0 Å². The summed E-state index contributed by atoms with van der Waals surface area (Å²) in [5, 5.41) is 12.6. The number of carbonyl (C=O) groups is 2. The summed E-state index contributed by atoms with van der Waals surface area (Å²) in [4.78, 5) is 33.7. The van der Waals surface area contributed by atoms with E-state index < -0.39 is 26.5 Å². The van der Waals surface area contributed by atoms with Crippen LogP contribution in [-0.4, -0.2) is 54.3 Å². The van der Waals surface area contributed by atoms with Crippen molar-refractivity contribution in [2.45, 2.75) is 142 Å². The molecule has 0 aliphatic rings. The predicted octanol–water partition coefficient (Wildman–Crippen LogP) is 10.5. The summed E-state index contributed by atoms with van der Waals surface area (Å²) in [5.74, 6) is -0.582. The molecule has 10 heteroatoms. The maximum atomic E-state index is 12.0. The molecule has 2 unspecified atom stereocenters. The molecule has 0 aromatic rings.